The summed E-state index contributed by atoms with van der Waals surface area (Å²) < 4.78 is 0. The maximum absolute atomic E-state index is 6.33. The summed E-state index contributed by atoms with van der Waals surface area (Å²) in [4.78, 5) is 0. The molecule has 0 amide bonds. The fraction of sp³-hybridized carbons (Fsp3) is 0.667. The third-order valence-corrected chi connectivity index (χ3v) is 0.144. The minimum Gasteiger partial charge on any atom is -0.676 e. The van der Waals surface area contributed by atoms with Crippen LogP contribution in [0.3, 0.4) is 0 Å². The Morgan fingerprint density at radius 3 is 1.62 bits per heavy atom. The zero-order valence-electron chi connectivity index (χ0n) is 4.09. The van der Waals surface area contributed by atoms with E-state index in [1.165, 1.54) is 0 Å². The van der Waals surface area contributed by atoms with Gasteiger partial charge in [0.15, 0.2) is 0 Å². The predicted molar refractivity (Wildman–Crippen MR) is 23.2 cm³/mol. The second kappa shape index (κ2) is 51.7. The molecule has 0 saturated carbocycles. The summed E-state index contributed by atoms with van der Waals surface area (Å²) in [6.45, 7) is 5.58. The molecule has 3 nitrogen and oxygen atoms in total. The van der Waals surface area contributed by atoms with Gasteiger partial charge in [0.2, 0.25) is 0 Å². The summed E-state index contributed by atoms with van der Waals surface area (Å²) in [6, 6.07) is 0. The van der Waals surface area contributed by atoms with Crippen LogP contribution in [0.25, 0.3) is 5.73 Å². The van der Waals surface area contributed by atoms with Gasteiger partial charge in [-0.3, -0.25) is 0 Å². The van der Waals surface area contributed by atoms with Crippen molar-refractivity contribution in [1.29, 1.82) is 5.26 Å². The van der Waals surface area contributed by atoms with E-state index < -0.39 is 0 Å². The van der Waals surface area contributed by atoms with Gasteiger partial charge in [-0.15, -0.1) is 6.54 Å². The third-order valence-electron chi connectivity index (χ3n) is 0.144. The molecule has 1 radical (unpaired) electrons. The molecular formula is C3H7CuFeN3. The van der Waals surface area contributed by atoms with Crippen molar-refractivity contribution in [3.05, 3.63) is 12.3 Å². The third kappa shape index (κ3) is 91.2. The summed E-state index contributed by atoms with van der Waals surface area (Å²) in [5.41, 5.74) is 11.2. The van der Waals surface area contributed by atoms with Gasteiger partial charge in [0.05, 0.1) is 0 Å². The first kappa shape index (κ1) is 23.7. The van der Waals surface area contributed by atoms with Crippen LogP contribution in [0.5, 0.6) is 0 Å². The van der Waals surface area contributed by atoms with Crippen LogP contribution in [0.15, 0.2) is 0 Å². The van der Waals surface area contributed by atoms with Crippen LogP contribution in [0.2, 0.25) is 0 Å². The topological polar surface area (TPSA) is 73.6 Å². The molecule has 0 atom stereocenters. The second-order valence-corrected chi connectivity index (χ2v) is 0.539. The van der Waals surface area contributed by atoms with Crippen molar-refractivity contribution in [1.82, 2.24) is 0 Å². The van der Waals surface area contributed by atoms with Crippen LogP contribution in [0.4, 0.5) is 0 Å². The normalized spacial score (nSPS) is 4.00. The molecule has 0 aromatic rings. The van der Waals surface area contributed by atoms with E-state index in [4.69, 9.17) is 23.3 Å². The molecule has 0 aromatic carbocycles. The maximum atomic E-state index is 6.33. The Morgan fingerprint density at radius 2 is 1.62 bits per heavy atom. The Kier molecular flexibility index (Phi) is 153. The Balaban J connectivity index is -0.0000000183. The molecule has 0 aliphatic heterocycles. The molecule has 53 valence electrons. The first-order valence-electron chi connectivity index (χ1n) is 1.49. The molecule has 3 N–H and O–H groups in total. The summed E-state index contributed by atoms with van der Waals surface area (Å²) in [5, 5.41) is 6.25. The number of nitrogens with one attached hydrogen (secondary N) is 1. The Bertz CT molecular complexity index is 31.0. The van der Waals surface area contributed by atoms with Gasteiger partial charge in [-0.1, -0.05) is 0 Å². The van der Waals surface area contributed by atoms with Gasteiger partial charge in [0, 0.05) is 17.1 Å². The van der Waals surface area contributed by atoms with Crippen molar-refractivity contribution in [3.63, 3.8) is 0 Å². The molecule has 0 heterocycles. The number of nitrogens with zero attached hydrogens (tertiary/aromatic N) is 1. The zero-order valence-corrected chi connectivity index (χ0v) is 6.14. The summed E-state index contributed by atoms with van der Waals surface area (Å²) in [7, 11) is 0. The zero-order chi connectivity index (χ0) is 5.41. The van der Waals surface area contributed by atoms with Crippen LogP contribution in [0.1, 0.15) is 0 Å². The van der Waals surface area contributed by atoms with Gasteiger partial charge >= 0.3 is 17.1 Å². The van der Waals surface area contributed by atoms with Gasteiger partial charge in [-0.25, -0.2) is 0 Å². The maximum Gasteiger partial charge on any atom is 2.00 e. The number of hydrogen-bond acceptors (Lipinski definition) is 2. The minimum absolute atomic E-state index is 0. The monoisotopic (exact) mass is 204 g/mol. The largest absolute Gasteiger partial charge is 2.00 e. The summed E-state index contributed by atoms with van der Waals surface area (Å²) >= 11 is 0. The molecule has 0 aliphatic rings. The van der Waals surface area contributed by atoms with E-state index >= 15 is 0 Å². The number of hydrogen-bond donors (Lipinski definition) is 1. The first-order chi connectivity index (χ1) is 2.91. The molecule has 0 rings (SSSR count). The number of rotatable bonds is 1. The molecule has 0 unspecified atom stereocenters. The van der Waals surface area contributed by atoms with Crippen LogP contribution in [0, 0.1) is 11.8 Å². The van der Waals surface area contributed by atoms with E-state index in [1.807, 2.05) is 0 Å². The molecule has 0 saturated heterocycles. The Labute approximate surface area is 70.7 Å². The van der Waals surface area contributed by atoms with Gasteiger partial charge in [-0.05, 0) is 6.54 Å². The molecule has 0 aliphatic carbocycles. The Hall–Kier alpha value is 0.449. The van der Waals surface area contributed by atoms with Crippen molar-refractivity contribution < 1.29 is 34.1 Å². The molecule has 8 heavy (non-hydrogen) atoms. The van der Waals surface area contributed by atoms with Crippen LogP contribution in [-0.2, 0) is 34.1 Å². The van der Waals surface area contributed by atoms with Crippen LogP contribution >= 0.6 is 0 Å². The fourth-order valence-electron chi connectivity index (χ4n) is 0. The van der Waals surface area contributed by atoms with E-state index in [0.29, 0.717) is 13.1 Å². The molecule has 0 spiro atoms. The van der Waals surface area contributed by atoms with Gasteiger partial charge in [0.25, 0.3) is 0 Å². The summed E-state index contributed by atoms with van der Waals surface area (Å²) in [5.74, 6) is 0. The van der Waals surface area contributed by atoms with Gasteiger partial charge in [-0.2, -0.15) is 0 Å². The van der Waals surface area contributed by atoms with E-state index in [0.717, 1.165) is 0 Å². The van der Waals surface area contributed by atoms with Crippen molar-refractivity contribution in [2.24, 2.45) is 5.73 Å². The van der Waals surface area contributed by atoms with E-state index in [2.05, 4.69) is 0 Å². The molecule has 0 bridgehead atoms. The quantitative estimate of drug-likeness (QED) is 0.486. The average Bonchev–Trinajstić information content (AvgIpc) is 1.72. The summed E-state index contributed by atoms with van der Waals surface area (Å²) in [6.07, 6.45) is 0. The molecular weight excluding hydrogens is 197 g/mol. The standard InChI is InChI=1S/C2H7N2.CN.Cu.Fe/c3-1-2-4;1-2;;/h3H,1-2,4H2;;;/q2*-1;;+2. The predicted octanol–water partition coefficient (Wildman–Crippen LogP) is 0.0887. The Morgan fingerprint density at radius 1 is 1.50 bits per heavy atom. The van der Waals surface area contributed by atoms with Crippen LogP contribution < -0.4 is 5.73 Å². The molecule has 0 fully saturated rings. The van der Waals surface area contributed by atoms with Crippen molar-refractivity contribution in [2.45, 2.75) is 0 Å². The van der Waals surface area contributed by atoms with E-state index in [1.54, 1.807) is 0 Å². The smallest absolute Gasteiger partial charge is 0.676 e. The van der Waals surface area contributed by atoms with Crippen LogP contribution in [-0.4, -0.2) is 13.1 Å². The van der Waals surface area contributed by atoms with Gasteiger partial charge in [0.1, 0.15) is 0 Å². The first-order valence-corrected chi connectivity index (χ1v) is 1.49. The van der Waals surface area contributed by atoms with E-state index in [9.17, 15) is 0 Å². The van der Waals surface area contributed by atoms with Crippen molar-refractivity contribution in [3.8, 4) is 0 Å². The number of nitrogens with two attached hydrogens (primary N) is 1. The second-order valence-electron chi connectivity index (χ2n) is 0.539. The van der Waals surface area contributed by atoms with Crippen molar-refractivity contribution >= 4 is 0 Å². The van der Waals surface area contributed by atoms with E-state index in [-0.39, 0.29) is 34.1 Å². The molecule has 0 aromatic heterocycles. The average molecular weight is 205 g/mol. The fourth-order valence-corrected chi connectivity index (χ4v) is 0. The van der Waals surface area contributed by atoms with Crippen molar-refractivity contribution in [2.75, 3.05) is 13.1 Å². The molecule has 5 heteroatoms. The van der Waals surface area contributed by atoms with Gasteiger partial charge < -0.3 is 23.3 Å². The minimum atomic E-state index is 0. The SMILES string of the molecule is [C-]#N.[Cu].[Fe+2].[NH-]CCN.